The van der Waals surface area contributed by atoms with E-state index in [2.05, 4.69) is 39.8 Å². The van der Waals surface area contributed by atoms with Gasteiger partial charge in [-0.2, -0.15) is 0 Å². The second-order valence-corrected chi connectivity index (χ2v) is 10.5. The molecule has 1 aliphatic heterocycles. The summed E-state index contributed by atoms with van der Waals surface area (Å²) in [5.41, 5.74) is 3.37. The van der Waals surface area contributed by atoms with Gasteiger partial charge in [0.25, 0.3) is 0 Å². The summed E-state index contributed by atoms with van der Waals surface area (Å²) in [7, 11) is 1.74. The zero-order valence-electron chi connectivity index (χ0n) is 18.6. The molecule has 1 aromatic carbocycles. The topological polar surface area (TPSA) is 27.7 Å². The van der Waals surface area contributed by atoms with Crippen molar-refractivity contribution in [2.75, 3.05) is 7.11 Å². The lowest BCUT2D eigenvalue weighted by molar-refractivity contribution is -0.0431. The van der Waals surface area contributed by atoms with Crippen molar-refractivity contribution < 1.29 is 14.2 Å². The number of hydrogen-bond donors (Lipinski definition) is 0. The molecule has 0 aromatic heterocycles. The van der Waals surface area contributed by atoms with Crippen molar-refractivity contribution in [1.29, 1.82) is 0 Å². The fourth-order valence-corrected chi connectivity index (χ4v) is 6.34. The highest BCUT2D eigenvalue weighted by Gasteiger charge is 2.51. The average Bonchev–Trinajstić information content (AvgIpc) is 2.89. The van der Waals surface area contributed by atoms with Crippen molar-refractivity contribution in [1.82, 2.24) is 0 Å². The van der Waals surface area contributed by atoms with E-state index in [1.54, 1.807) is 12.7 Å². The SMILES string of the molecule is COc1cc2c(cc1/C=C1\[C@@H](C)CC[C@H]3C(C)(C)CCC[C@]13C)OC(C)(C)O2. The minimum Gasteiger partial charge on any atom is -0.496 e. The molecule has 0 bridgehead atoms. The minimum atomic E-state index is -0.623. The van der Waals surface area contributed by atoms with Gasteiger partial charge in [-0.05, 0) is 54.4 Å². The van der Waals surface area contributed by atoms with Crippen LogP contribution in [-0.2, 0) is 0 Å². The Bertz CT molecular complexity index is 804. The minimum absolute atomic E-state index is 0.264. The lowest BCUT2D eigenvalue weighted by Crippen LogP contribution is -2.47. The van der Waals surface area contributed by atoms with Crippen molar-refractivity contribution in [2.24, 2.45) is 22.7 Å². The van der Waals surface area contributed by atoms with Gasteiger partial charge in [-0.1, -0.05) is 45.8 Å². The lowest BCUT2D eigenvalue weighted by atomic mass is 9.48. The molecule has 0 amide bonds. The Balaban J connectivity index is 1.79. The van der Waals surface area contributed by atoms with Gasteiger partial charge in [-0.15, -0.1) is 0 Å². The van der Waals surface area contributed by atoms with Crippen LogP contribution in [0, 0.1) is 22.7 Å². The molecule has 3 heteroatoms. The smallest absolute Gasteiger partial charge is 0.246 e. The molecule has 154 valence electrons. The maximum atomic E-state index is 6.01. The Hall–Kier alpha value is -1.64. The van der Waals surface area contributed by atoms with Gasteiger partial charge in [-0.25, -0.2) is 0 Å². The number of methoxy groups -OCH3 is 1. The van der Waals surface area contributed by atoms with Crippen LogP contribution in [0.1, 0.15) is 79.2 Å². The molecule has 4 rings (SSSR count). The molecule has 0 N–H and O–H groups in total. The van der Waals surface area contributed by atoms with Gasteiger partial charge in [0, 0.05) is 25.5 Å². The molecule has 0 radical (unpaired) electrons. The zero-order valence-corrected chi connectivity index (χ0v) is 18.6. The fraction of sp³-hybridized carbons (Fsp3) is 0.680. The highest BCUT2D eigenvalue weighted by molar-refractivity contribution is 5.67. The summed E-state index contributed by atoms with van der Waals surface area (Å²) in [6.45, 7) is 13.8. The Morgan fingerprint density at radius 3 is 2.36 bits per heavy atom. The molecule has 1 aromatic rings. The third-order valence-electron chi connectivity index (χ3n) is 7.63. The quantitative estimate of drug-likeness (QED) is 0.558. The molecule has 3 atom stereocenters. The normalized spacial score (nSPS) is 34.2. The molecule has 0 unspecified atom stereocenters. The number of fused-ring (bicyclic) bond motifs is 2. The first-order chi connectivity index (χ1) is 13.1. The second kappa shape index (κ2) is 6.43. The van der Waals surface area contributed by atoms with Gasteiger partial charge in [0.1, 0.15) is 5.75 Å². The molecule has 3 aliphatic rings. The van der Waals surface area contributed by atoms with E-state index in [1.165, 1.54) is 32.1 Å². The lowest BCUT2D eigenvalue weighted by Gasteiger charge is -2.56. The summed E-state index contributed by atoms with van der Waals surface area (Å²) >= 11 is 0. The van der Waals surface area contributed by atoms with E-state index in [0.717, 1.165) is 28.7 Å². The van der Waals surface area contributed by atoms with Gasteiger partial charge in [0.2, 0.25) is 5.79 Å². The first kappa shape index (κ1) is 19.7. The van der Waals surface area contributed by atoms with E-state index >= 15 is 0 Å². The maximum absolute atomic E-state index is 6.01. The van der Waals surface area contributed by atoms with Crippen LogP contribution in [0.3, 0.4) is 0 Å². The molecule has 2 saturated carbocycles. The summed E-state index contributed by atoms with van der Waals surface area (Å²) in [4.78, 5) is 0. The molecule has 1 heterocycles. The number of benzene rings is 1. The van der Waals surface area contributed by atoms with Crippen molar-refractivity contribution in [3.63, 3.8) is 0 Å². The molecule has 0 saturated heterocycles. The molecule has 0 spiro atoms. The summed E-state index contributed by atoms with van der Waals surface area (Å²) in [6, 6.07) is 4.08. The predicted octanol–water partition coefficient (Wildman–Crippen LogP) is 6.85. The van der Waals surface area contributed by atoms with Gasteiger partial charge in [0.05, 0.1) is 7.11 Å². The van der Waals surface area contributed by atoms with E-state index in [-0.39, 0.29) is 5.41 Å². The van der Waals surface area contributed by atoms with E-state index in [0.29, 0.717) is 11.3 Å². The summed E-state index contributed by atoms with van der Waals surface area (Å²) in [6.07, 6.45) is 8.97. The number of rotatable bonds is 2. The van der Waals surface area contributed by atoms with Crippen molar-refractivity contribution in [2.45, 2.75) is 79.4 Å². The number of allylic oxidation sites excluding steroid dienone is 1. The summed E-state index contributed by atoms with van der Waals surface area (Å²) in [5, 5.41) is 0. The first-order valence-electron chi connectivity index (χ1n) is 10.9. The Morgan fingerprint density at radius 1 is 1.00 bits per heavy atom. The molecular weight excluding hydrogens is 348 g/mol. The highest BCUT2D eigenvalue weighted by atomic mass is 16.7. The predicted molar refractivity (Wildman–Crippen MR) is 114 cm³/mol. The van der Waals surface area contributed by atoms with Crippen molar-refractivity contribution in [3.8, 4) is 17.2 Å². The number of ether oxygens (including phenoxy) is 3. The Labute approximate surface area is 170 Å². The highest BCUT2D eigenvalue weighted by Crippen LogP contribution is 2.61. The van der Waals surface area contributed by atoms with Crippen LogP contribution < -0.4 is 14.2 Å². The third-order valence-corrected chi connectivity index (χ3v) is 7.63. The summed E-state index contributed by atoms with van der Waals surface area (Å²) in [5.74, 6) is 3.16. The van der Waals surface area contributed by atoms with E-state index in [4.69, 9.17) is 14.2 Å². The van der Waals surface area contributed by atoms with Crippen molar-refractivity contribution in [3.05, 3.63) is 23.3 Å². The summed E-state index contributed by atoms with van der Waals surface area (Å²) < 4.78 is 17.7. The van der Waals surface area contributed by atoms with E-state index in [1.807, 2.05) is 19.9 Å². The molecular formula is C25H36O3. The molecule has 2 aliphatic carbocycles. The fourth-order valence-electron chi connectivity index (χ4n) is 6.34. The van der Waals surface area contributed by atoms with Gasteiger partial charge in [0.15, 0.2) is 11.5 Å². The zero-order chi connectivity index (χ0) is 20.3. The van der Waals surface area contributed by atoms with Crippen LogP contribution in [0.5, 0.6) is 17.2 Å². The monoisotopic (exact) mass is 384 g/mol. The van der Waals surface area contributed by atoms with E-state index < -0.39 is 5.79 Å². The van der Waals surface area contributed by atoms with Gasteiger partial charge in [-0.3, -0.25) is 0 Å². The average molecular weight is 385 g/mol. The first-order valence-corrected chi connectivity index (χ1v) is 10.9. The van der Waals surface area contributed by atoms with Crippen LogP contribution in [0.2, 0.25) is 0 Å². The van der Waals surface area contributed by atoms with Crippen LogP contribution >= 0.6 is 0 Å². The third kappa shape index (κ3) is 3.11. The van der Waals surface area contributed by atoms with Gasteiger partial charge >= 0.3 is 0 Å². The second-order valence-electron chi connectivity index (χ2n) is 10.5. The van der Waals surface area contributed by atoms with Crippen LogP contribution in [0.25, 0.3) is 6.08 Å². The molecule has 28 heavy (non-hydrogen) atoms. The van der Waals surface area contributed by atoms with Crippen LogP contribution in [0.4, 0.5) is 0 Å². The molecule has 3 nitrogen and oxygen atoms in total. The van der Waals surface area contributed by atoms with E-state index in [9.17, 15) is 0 Å². The van der Waals surface area contributed by atoms with Crippen LogP contribution in [-0.4, -0.2) is 12.9 Å². The van der Waals surface area contributed by atoms with Crippen LogP contribution in [0.15, 0.2) is 17.7 Å². The molecule has 2 fully saturated rings. The van der Waals surface area contributed by atoms with Gasteiger partial charge < -0.3 is 14.2 Å². The largest absolute Gasteiger partial charge is 0.496 e. The Morgan fingerprint density at radius 2 is 1.68 bits per heavy atom. The number of hydrogen-bond acceptors (Lipinski definition) is 3. The Kier molecular flexibility index (Phi) is 4.52. The standard InChI is InChI=1S/C25H36O3/c1-16-9-10-22-23(2,3)11-8-12-25(22,6)18(16)13-17-14-20-21(15-19(17)26-7)28-24(4,5)27-20/h13-16,22H,8-12H2,1-7H3/b18-13+/t16-,22-,25+/m0/s1. The van der Waals surface area contributed by atoms with Crippen molar-refractivity contribution >= 4 is 6.08 Å². The maximum Gasteiger partial charge on any atom is 0.246 e.